The van der Waals surface area contributed by atoms with Crippen molar-refractivity contribution < 1.29 is 9.53 Å². The largest absolute Gasteiger partial charge is 0.493 e. The molecule has 20 heavy (non-hydrogen) atoms. The molecule has 0 bridgehead atoms. The fourth-order valence-electron chi connectivity index (χ4n) is 2.71. The average Bonchev–Trinajstić information content (AvgIpc) is 2.47. The first-order chi connectivity index (χ1) is 9.74. The molecule has 0 saturated carbocycles. The van der Waals surface area contributed by atoms with E-state index < -0.39 is 0 Å². The predicted molar refractivity (Wildman–Crippen MR) is 80.1 cm³/mol. The summed E-state index contributed by atoms with van der Waals surface area (Å²) in [6, 6.07) is 14.5. The molecule has 1 aliphatic heterocycles. The van der Waals surface area contributed by atoms with Gasteiger partial charge in [0.2, 0.25) is 0 Å². The van der Waals surface area contributed by atoms with Gasteiger partial charge in [0.1, 0.15) is 11.5 Å². The molecule has 3 rings (SSSR count). The van der Waals surface area contributed by atoms with Crippen molar-refractivity contribution in [3.8, 4) is 16.9 Å². The minimum absolute atomic E-state index is 0.193. The van der Waals surface area contributed by atoms with Gasteiger partial charge in [-0.05, 0) is 36.5 Å². The molecule has 0 aromatic heterocycles. The molecule has 102 valence electrons. The van der Waals surface area contributed by atoms with Gasteiger partial charge in [0.05, 0.1) is 6.61 Å². The van der Waals surface area contributed by atoms with Crippen molar-refractivity contribution in [1.82, 2.24) is 0 Å². The number of aryl methyl sites for hydroxylation is 1. The molecule has 2 aromatic rings. The van der Waals surface area contributed by atoms with E-state index in [1.54, 1.807) is 6.92 Å². The Labute approximate surface area is 119 Å². The summed E-state index contributed by atoms with van der Waals surface area (Å²) >= 11 is 0. The molecule has 1 aliphatic rings. The Morgan fingerprint density at radius 3 is 2.70 bits per heavy atom. The van der Waals surface area contributed by atoms with Crippen LogP contribution >= 0.6 is 0 Å². The number of benzene rings is 2. The van der Waals surface area contributed by atoms with Crippen LogP contribution in [0.4, 0.5) is 0 Å². The number of ketones is 1. The zero-order chi connectivity index (χ0) is 13.9. The summed E-state index contributed by atoms with van der Waals surface area (Å²) in [6.07, 6.45) is 2.68. The van der Waals surface area contributed by atoms with E-state index in [-0.39, 0.29) is 5.78 Å². The summed E-state index contributed by atoms with van der Waals surface area (Å²) in [5, 5.41) is 0. The molecular weight excluding hydrogens is 248 g/mol. The number of ether oxygens (including phenoxy) is 1. The lowest BCUT2D eigenvalue weighted by molar-refractivity contribution is -0.116. The zero-order valence-electron chi connectivity index (χ0n) is 11.7. The maximum atomic E-state index is 11.1. The van der Waals surface area contributed by atoms with Gasteiger partial charge >= 0.3 is 0 Å². The van der Waals surface area contributed by atoms with Crippen molar-refractivity contribution in [2.75, 3.05) is 6.61 Å². The smallest absolute Gasteiger partial charge is 0.134 e. The fourth-order valence-corrected chi connectivity index (χ4v) is 2.71. The van der Waals surface area contributed by atoms with Gasteiger partial charge in [0, 0.05) is 12.0 Å². The zero-order valence-corrected chi connectivity index (χ0v) is 11.7. The van der Waals surface area contributed by atoms with Gasteiger partial charge in [-0.2, -0.15) is 0 Å². The third kappa shape index (κ3) is 2.60. The lowest BCUT2D eigenvalue weighted by atomic mass is 9.96. The van der Waals surface area contributed by atoms with Gasteiger partial charge in [-0.3, -0.25) is 4.79 Å². The van der Waals surface area contributed by atoms with Crippen molar-refractivity contribution in [2.45, 2.75) is 26.2 Å². The van der Waals surface area contributed by atoms with E-state index in [4.69, 9.17) is 4.74 Å². The minimum Gasteiger partial charge on any atom is -0.493 e. The molecular formula is C18H18O2. The lowest BCUT2D eigenvalue weighted by Gasteiger charge is -2.20. The Morgan fingerprint density at radius 2 is 1.95 bits per heavy atom. The molecule has 0 N–H and O–H groups in total. The number of hydrogen-bond acceptors (Lipinski definition) is 2. The van der Waals surface area contributed by atoms with E-state index in [9.17, 15) is 4.79 Å². The van der Waals surface area contributed by atoms with Crippen LogP contribution in [0.3, 0.4) is 0 Å². The van der Waals surface area contributed by atoms with Gasteiger partial charge in [-0.1, -0.05) is 42.5 Å². The Bertz CT molecular complexity index is 626. The maximum absolute atomic E-state index is 11.1. The quantitative estimate of drug-likeness (QED) is 0.844. The van der Waals surface area contributed by atoms with Crippen molar-refractivity contribution in [3.05, 3.63) is 53.6 Å². The van der Waals surface area contributed by atoms with Crippen LogP contribution in [0.5, 0.6) is 5.75 Å². The van der Waals surface area contributed by atoms with Crippen LogP contribution < -0.4 is 4.74 Å². The monoisotopic (exact) mass is 266 g/mol. The van der Waals surface area contributed by atoms with Crippen molar-refractivity contribution in [3.63, 3.8) is 0 Å². The average molecular weight is 266 g/mol. The Kier molecular flexibility index (Phi) is 3.55. The number of Topliss-reactive ketones (excluding diaryl/α,β-unsaturated/α-hetero) is 1. The van der Waals surface area contributed by atoms with E-state index >= 15 is 0 Å². The molecule has 0 fully saturated rings. The highest BCUT2D eigenvalue weighted by atomic mass is 16.5. The summed E-state index contributed by atoms with van der Waals surface area (Å²) in [4.78, 5) is 11.1. The van der Waals surface area contributed by atoms with Crippen molar-refractivity contribution >= 4 is 5.78 Å². The van der Waals surface area contributed by atoms with E-state index in [0.29, 0.717) is 6.42 Å². The van der Waals surface area contributed by atoms with Crippen molar-refractivity contribution in [2.24, 2.45) is 0 Å². The number of carbonyl (C=O) groups excluding carboxylic acids is 1. The molecule has 0 radical (unpaired) electrons. The van der Waals surface area contributed by atoms with E-state index in [1.807, 2.05) is 12.1 Å². The van der Waals surface area contributed by atoms with Gasteiger partial charge in [0.15, 0.2) is 0 Å². The van der Waals surface area contributed by atoms with E-state index in [2.05, 4.69) is 30.3 Å². The number of rotatable bonds is 3. The molecule has 2 aromatic carbocycles. The number of para-hydroxylation sites is 1. The summed E-state index contributed by atoms with van der Waals surface area (Å²) in [5.41, 5.74) is 4.65. The second kappa shape index (κ2) is 5.49. The highest BCUT2D eigenvalue weighted by Gasteiger charge is 2.15. The molecule has 0 unspecified atom stereocenters. The first-order valence-electron chi connectivity index (χ1n) is 7.07. The van der Waals surface area contributed by atoms with Crippen LogP contribution in [0, 0.1) is 0 Å². The first kappa shape index (κ1) is 12.9. The molecule has 2 heteroatoms. The van der Waals surface area contributed by atoms with Crippen LogP contribution in [0.15, 0.2) is 42.5 Å². The number of hydrogen-bond donors (Lipinski definition) is 0. The molecule has 1 heterocycles. The van der Waals surface area contributed by atoms with Gasteiger partial charge in [-0.15, -0.1) is 0 Å². The summed E-state index contributed by atoms with van der Waals surface area (Å²) in [5.74, 6) is 1.22. The fraction of sp³-hybridized carbons (Fsp3) is 0.278. The molecule has 0 atom stereocenters. The summed E-state index contributed by atoms with van der Waals surface area (Å²) in [6.45, 7) is 2.42. The van der Waals surface area contributed by atoms with Gasteiger partial charge in [0.25, 0.3) is 0 Å². The highest BCUT2D eigenvalue weighted by molar-refractivity contribution is 5.79. The van der Waals surface area contributed by atoms with E-state index in [1.165, 1.54) is 5.56 Å². The van der Waals surface area contributed by atoms with Crippen LogP contribution in [0.25, 0.3) is 11.1 Å². The topological polar surface area (TPSA) is 26.3 Å². The van der Waals surface area contributed by atoms with Crippen LogP contribution in [-0.2, 0) is 17.6 Å². The third-order valence-corrected chi connectivity index (χ3v) is 3.65. The second-order valence-corrected chi connectivity index (χ2v) is 5.32. The Balaban J connectivity index is 1.95. The Hall–Kier alpha value is -2.09. The molecule has 2 nitrogen and oxygen atoms in total. The minimum atomic E-state index is 0.193. The Morgan fingerprint density at radius 1 is 1.15 bits per heavy atom. The SMILES string of the molecule is CC(=O)Cc1ccc(-c2cccc3c2OCCC3)cc1. The second-order valence-electron chi connectivity index (χ2n) is 5.32. The van der Waals surface area contributed by atoms with E-state index in [0.717, 1.165) is 41.9 Å². The third-order valence-electron chi connectivity index (χ3n) is 3.65. The first-order valence-corrected chi connectivity index (χ1v) is 7.07. The van der Waals surface area contributed by atoms with Crippen LogP contribution in [0.2, 0.25) is 0 Å². The molecule has 0 amide bonds. The molecule has 0 aliphatic carbocycles. The molecule has 0 spiro atoms. The van der Waals surface area contributed by atoms with Crippen LogP contribution in [0.1, 0.15) is 24.5 Å². The van der Waals surface area contributed by atoms with Crippen LogP contribution in [-0.4, -0.2) is 12.4 Å². The predicted octanol–water partition coefficient (Wildman–Crippen LogP) is 3.81. The van der Waals surface area contributed by atoms with Crippen molar-refractivity contribution in [1.29, 1.82) is 0 Å². The van der Waals surface area contributed by atoms with Gasteiger partial charge in [-0.25, -0.2) is 0 Å². The van der Waals surface area contributed by atoms with Gasteiger partial charge < -0.3 is 4.74 Å². The lowest BCUT2D eigenvalue weighted by Crippen LogP contribution is -2.09. The number of fused-ring (bicyclic) bond motifs is 1. The number of carbonyl (C=O) groups is 1. The summed E-state index contributed by atoms with van der Waals surface area (Å²) in [7, 11) is 0. The maximum Gasteiger partial charge on any atom is 0.134 e. The summed E-state index contributed by atoms with van der Waals surface area (Å²) < 4.78 is 5.85. The highest BCUT2D eigenvalue weighted by Crippen LogP contribution is 2.36. The molecule has 0 saturated heterocycles. The normalized spacial score (nSPS) is 13.4. The standard InChI is InChI=1S/C18H18O2/c1-13(19)12-14-7-9-15(10-8-14)17-6-2-4-16-5-3-11-20-18(16)17/h2,4,6-10H,3,5,11-12H2,1H3.